The molecule has 12 heteroatoms. The van der Waals surface area contributed by atoms with Crippen molar-refractivity contribution in [2.24, 2.45) is 5.41 Å². The Hall–Kier alpha value is -3.41. The van der Waals surface area contributed by atoms with E-state index >= 15 is 0 Å². The number of nitrogens with zero attached hydrogens (tertiary/aromatic N) is 5. The predicted molar refractivity (Wildman–Crippen MR) is 96.4 cm³/mol. The molecule has 1 spiro atoms. The third-order valence-corrected chi connectivity index (χ3v) is 5.77. The number of tetrazole rings is 1. The maximum atomic E-state index is 13.1. The summed E-state index contributed by atoms with van der Waals surface area (Å²) in [5.74, 6) is -0.954. The van der Waals surface area contributed by atoms with Crippen LogP contribution in [0.1, 0.15) is 19.4 Å². The standard InChI is InChI=1S/C17H18N8O4/c1-7-6-25-11-5-18-10(13-21-23-24-22-13)3-9(11)4-17(12(25)8(2)29-7)14(26)19-16(28)20-15(17)27/h3,5,7-8,12H,4,6H2,1-2H3,(H,21,22,23,24)(H2,19,20,26,27,28)/t7-,8+,12-/m1/s1. The SMILES string of the molecule is C[C@@H]1CN2c3cnc(-c4nn[nH]n4)cc3CC3(C(=O)NC(=O)NC3=O)[C@H]2[C@H](C)O1. The fraction of sp³-hybridized carbons (Fsp3) is 0.471. The number of carbonyl (C=O) groups excluding carboxylic acids is 3. The van der Waals surface area contributed by atoms with Crippen LogP contribution in [-0.4, -0.2) is 68.2 Å². The minimum Gasteiger partial charge on any atom is -0.372 e. The molecule has 4 amide bonds. The zero-order chi connectivity index (χ0) is 20.3. The van der Waals surface area contributed by atoms with Gasteiger partial charge in [0.15, 0.2) is 5.41 Å². The fourth-order valence-corrected chi connectivity index (χ4v) is 4.72. The van der Waals surface area contributed by atoms with Crippen molar-refractivity contribution in [3.05, 3.63) is 17.8 Å². The van der Waals surface area contributed by atoms with Crippen LogP contribution in [0.15, 0.2) is 12.3 Å². The van der Waals surface area contributed by atoms with Crippen molar-refractivity contribution in [1.29, 1.82) is 0 Å². The van der Waals surface area contributed by atoms with Crippen LogP contribution in [0.5, 0.6) is 0 Å². The average molecular weight is 398 g/mol. The highest BCUT2D eigenvalue weighted by Gasteiger charge is 2.62. The lowest BCUT2D eigenvalue weighted by atomic mass is 9.67. The minimum atomic E-state index is -1.52. The number of ether oxygens (including phenoxy) is 1. The number of anilines is 1. The van der Waals surface area contributed by atoms with E-state index in [4.69, 9.17) is 4.74 Å². The molecule has 0 bridgehead atoms. The molecule has 0 radical (unpaired) electrons. The van der Waals surface area contributed by atoms with Crippen LogP contribution in [0.25, 0.3) is 11.5 Å². The van der Waals surface area contributed by atoms with Crippen molar-refractivity contribution in [3.63, 3.8) is 0 Å². The van der Waals surface area contributed by atoms with Crippen LogP contribution in [0.4, 0.5) is 10.5 Å². The summed E-state index contributed by atoms with van der Waals surface area (Å²) in [4.78, 5) is 44.3. The predicted octanol–water partition coefficient (Wildman–Crippen LogP) is -0.848. The number of hydrogen-bond donors (Lipinski definition) is 3. The summed E-state index contributed by atoms with van der Waals surface area (Å²) in [6, 6.07) is 0.347. The van der Waals surface area contributed by atoms with Gasteiger partial charge in [0.25, 0.3) is 0 Å². The normalized spacial score (nSPS) is 27.9. The molecule has 150 valence electrons. The number of urea groups is 1. The molecule has 3 N–H and O–H groups in total. The lowest BCUT2D eigenvalue weighted by Crippen LogP contribution is -2.75. The van der Waals surface area contributed by atoms with Gasteiger partial charge in [0.05, 0.1) is 30.1 Å². The average Bonchev–Trinajstić information content (AvgIpc) is 3.20. The first-order valence-corrected chi connectivity index (χ1v) is 9.22. The largest absolute Gasteiger partial charge is 0.372 e. The van der Waals surface area contributed by atoms with Crippen LogP contribution < -0.4 is 15.5 Å². The number of fused-ring (bicyclic) bond motifs is 4. The quantitative estimate of drug-likeness (QED) is 0.521. The molecule has 3 aliphatic heterocycles. The van der Waals surface area contributed by atoms with Crippen LogP contribution in [0, 0.1) is 5.41 Å². The summed E-state index contributed by atoms with van der Waals surface area (Å²) < 4.78 is 5.96. The Morgan fingerprint density at radius 3 is 2.66 bits per heavy atom. The van der Waals surface area contributed by atoms with Gasteiger partial charge < -0.3 is 9.64 Å². The van der Waals surface area contributed by atoms with Gasteiger partial charge in [-0.2, -0.15) is 5.21 Å². The molecule has 0 saturated carbocycles. The molecule has 29 heavy (non-hydrogen) atoms. The van der Waals surface area contributed by atoms with E-state index in [1.807, 2.05) is 18.7 Å². The number of imide groups is 2. The number of aromatic nitrogens is 5. The first-order chi connectivity index (χ1) is 13.9. The van der Waals surface area contributed by atoms with E-state index in [1.165, 1.54) is 0 Å². The van der Waals surface area contributed by atoms with Gasteiger partial charge in [0.1, 0.15) is 5.69 Å². The number of aromatic amines is 1. The molecule has 12 nitrogen and oxygen atoms in total. The Labute approximate surface area is 164 Å². The van der Waals surface area contributed by atoms with Crippen molar-refractivity contribution < 1.29 is 19.1 Å². The van der Waals surface area contributed by atoms with Gasteiger partial charge in [-0.1, -0.05) is 0 Å². The van der Waals surface area contributed by atoms with E-state index in [2.05, 4.69) is 36.2 Å². The van der Waals surface area contributed by atoms with Gasteiger partial charge in [-0.25, -0.2) is 4.79 Å². The lowest BCUT2D eigenvalue weighted by Gasteiger charge is -2.55. The number of hydrogen-bond acceptors (Lipinski definition) is 9. The monoisotopic (exact) mass is 398 g/mol. The first-order valence-electron chi connectivity index (χ1n) is 9.22. The van der Waals surface area contributed by atoms with Crippen molar-refractivity contribution in [3.8, 4) is 11.5 Å². The van der Waals surface area contributed by atoms with E-state index in [0.29, 0.717) is 18.1 Å². The number of nitrogens with one attached hydrogen (secondary N) is 3. The molecule has 0 aliphatic carbocycles. The minimum absolute atomic E-state index is 0.0872. The zero-order valence-electron chi connectivity index (χ0n) is 15.7. The van der Waals surface area contributed by atoms with E-state index < -0.39 is 35.4 Å². The first kappa shape index (κ1) is 17.7. The van der Waals surface area contributed by atoms with Crippen molar-refractivity contribution in [2.45, 2.75) is 38.5 Å². The molecule has 0 unspecified atom stereocenters. The van der Waals surface area contributed by atoms with Gasteiger partial charge in [-0.3, -0.25) is 25.2 Å². The molecule has 2 aromatic rings. The van der Waals surface area contributed by atoms with Crippen LogP contribution in [-0.2, 0) is 20.7 Å². The second kappa shape index (κ2) is 6.04. The summed E-state index contributed by atoms with van der Waals surface area (Å²) in [7, 11) is 0. The Balaban J connectivity index is 1.69. The van der Waals surface area contributed by atoms with E-state index in [0.717, 1.165) is 11.3 Å². The third-order valence-electron chi connectivity index (χ3n) is 5.77. The summed E-state index contributed by atoms with van der Waals surface area (Å²) >= 11 is 0. The Bertz CT molecular complexity index is 1000. The van der Waals surface area contributed by atoms with Gasteiger partial charge in [-0.15, -0.1) is 10.2 Å². The Morgan fingerprint density at radius 1 is 1.21 bits per heavy atom. The summed E-state index contributed by atoms with van der Waals surface area (Å²) in [6.45, 7) is 4.24. The maximum absolute atomic E-state index is 13.1. The molecule has 3 atom stereocenters. The molecule has 3 aliphatic rings. The number of rotatable bonds is 1. The van der Waals surface area contributed by atoms with E-state index in [9.17, 15) is 14.4 Å². The van der Waals surface area contributed by atoms with Crippen LogP contribution in [0.2, 0.25) is 0 Å². The fourth-order valence-electron chi connectivity index (χ4n) is 4.72. The highest BCUT2D eigenvalue weighted by atomic mass is 16.5. The number of morpholine rings is 1. The lowest BCUT2D eigenvalue weighted by molar-refractivity contribution is -0.153. The smallest absolute Gasteiger partial charge is 0.328 e. The zero-order valence-corrected chi connectivity index (χ0v) is 15.7. The van der Waals surface area contributed by atoms with Crippen LogP contribution in [0.3, 0.4) is 0 Å². The Morgan fingerprint density at radius 2 is 1.97 bits per heavy atom. The number of barbiturate groups is 1. The third kappa shape index (κ3) is 2.45. The van der Waals surface area contributed by atoms with Crippen molar-refractivity contribution in [2.75, 3.05) is 11.4 Å². The highest BCUT2D eigenvalue weighted by Crippen LogP contribution is 2.46. The van der Waals surface area contributed by atoms with Gasteiger partial charge in [-0.05, 0) is 30.7 Å². The number of carbonyl (C=O) groups is 3. The van der Waals surface area contributed by atoms with E-state index in [1.54, 1.807) is 12.3 Å². The van der Waals surface area contributed by atoms with E-state index in [-0.39, 0.29) is 12.5 Å². The number of pyridine rings is 1. The number of amides is 4. The maximum Gasteiger partial charge on any atom is 0.328 e. The molecule has 2 aromatic heterocycles. The highest BCUT2D eigenvalue weighted by molar-refractivity contribution is 6.20. The van der Waals surface area contributed by atoms with Gasteiger partial charge in [0.2, 0.25) is 17.6 Å². The Kier molecular flexibility index (Phi) is 3.68. The molecule has 5 rings (SSSR count). The summed E-state index contributed by atoms with van der Waals surface area (Å²) in [6.07, 6.45) is 1.24. The second-order valence-electron chi connectivity index (χ2n) is 7.57. The molecular formula is C17H18N8O4. The molecular weight excluding hydrogens is 380 g/mol. The second-order valence-corrected chi connectivity index (χ2v) is 7.57. The topological polar surface area (TPSA) is 155 Å². The summed E-state index contributed by atoms with van der Waals surface area (Å²) in [5, 5.41) is 18.3. The van der Waals surface area contributed by atoms with Gasteiger partial charge >= 0.3 is 6.03 Å². The number of H-pyrrole nitrogens is 1. The van der Waals surface area contributed by atoms with Crippen molar-refractivity contribution in [1.82, 2.24) is 36.2 Å². The van der Waals surface area contributed by atoms with Gasteiger partial charge in [0, 0.05) is 13.0 Å². The molecule has 5 heterocycles. The molecule has 0 aromatic carbocycles. The molecule has 2 fully saturated rings. The van der Waals surface area contributed by atoms with Crippen molar-refractivity contribution >= 4 is 23.5 Å². The van der Waals surface area contributed by atoms with Crippen LogP contribution >= 0.6 is 0 Å². The molecule has 2 saturated heterocycles. The summed E-state index contributed by atoms with van der Waals surface area (Å²) in [5.41, 5.74) is 0.494.